The molecule has 1 aromatic heterocycles. The van der Waals surface area contributed by atoms with E-state index in [9.17, 15) is 4.79 Å². The molecule has 0 aliphatic carbocycles. The Labute approximate surface area is 159 Å². The molecule has 4 nitrogen and oxygen atoms in total. The summed E-state index contributed by atoms with van der Waals surface area (Å²) in [5.41, 5.74) is 3.53. The molecule has 0 spiro atoms. The first-order valence-electron chi connectivity index (χ1n) is 7.70. The molecule has 1 amide bonds. The zero-order chi connectivity index (χ0) is 17.6. The zero-order valence-electron chi connectivity index (χ0n) is 13.6. The van der Waals surface area contributed by atoms with E-state index in [1.807, 2.05) is 67.6 Å². The van der Waals surface area contributed by atoms with Gasteiger partial charge in [-0.15, -0.1) is 0 Å². The highest BCUT2D eigenvalue weighted by Gasteiger charge is 2.09. The number of amides is 1. The molecular weight excluding hydrogens is 398 g/mol. The Morgan fingerprint density at radius 2 is 1.80 bits per heavy atom. The lowest BCUT2D eigenvalue weighted by molar-refractivity contribution is -0.113. The highest BCUT2D eigenvalue weighted by molar-refractivity contribution is 9.10. The van der Waals surface area contributed by atoms with Crippen LogP contribution in [0.3, 0.4) is 0 Å². The van der Waals surface area contributed by atoms with Crippen molar-refractivity contribution in [3.63, 3.8) is 0 Å². The molecule has 0 atom stereocenters. The minimum absolute atomic E-state index is 0.0942. The van der Waals surface area contributed by atoms with Crippen molar-refractivity contribution in [1.82, 2.24) is 9.97 Å². The Kier molecular flexibility index (Phi) is 5.83. The average molecular weight is 414 g/mol. The van der Waals surface area contributed by atoms with Crippen LogP contribution >= 0.6 is 27.7 Å². The number of hydrogen-bond donors (Lipinski definition) is 1. The van der Waals surface area contributed by atoms with Crippen molar-refractivity contribution in [3.8, 4) is 11.3 Å². The van der Waals surface area contributed by atoms with Crippen molar-refractivity contribution < 1.29 is 4.79 Å². The largest absolute Gasteiger partial charge is 0.324 e. The number of carbonyl (C=O) groups excluding carboxylic acids is 1. The van der Waals surface area contributed by atoms with Gasteiger partial charge in [0.2, 0.25) is 5.91 Å². The summed E-state index contributed by atoms with van der Waals surface area (Å²) < 4.78 is 0.853. The Hall–Kier alpha value is -2.18. The van der Waals surface area contributed by atoms with E-state index in [0.29, 0.717) is 5.16 Å². The number of benzene rings is 2. The van der Waals surface area contributed by atoms with Crippen molar-refractivity contribution in [2.75, 3.05) is 11.1 Å². The molecule has 0 unspecified atom stereocenters. The molecule has 3 rings (SSSR count). The van der Waals surface area contributed by atoms with Crippen molar-refractivity contribution in [3.05, 3.63) is 70.8 Å². The first kappa shape index (κ1) is 17.6. The third-order valence-electron chi connectivity index (χ3n) is 3.38. The molecule has 0 saturated carbocycles. The Bertz CT molecular complexity index is 887. The fourth-order valence-electron chi connectivity index (χ4n) is 2.24. The van der Waals surface area contributed by atoms with Crippen LogP contribution in [0.15, 0.2) is 70.3 Å². The number of rotatable bonds is 5. The number of hydrogen-bond acceptors (Lipinski definition) is 4. The molecule has 0 radical (unpaired) electrons. The number of carbonyl (C=O) groups is 1. The number of nitrogens with zero attached hydrogens (tertiary/aromatic N) is 2. The monoisotopic (exact) mass is 413 g/mol. The van der Waals surface area contributed by atoms with Crippen LogP contribution in [0, 0.1) is 6.92 Å². The predicted octanol–water partition coefficient (Wildman–Crippen LogP) is 4.95. The summed E-state index contributed by atoms with van der Waals surface area (Å²) in [6, 6.07) is 19.4. The van der Waals surface area contributed by atoms with Gasteiger partial charge in [0, 0.05) is 15.7 Å². The zero-order valence-corrected chi connectivity index (χ0v) is 16.0. The van der Waals surface area contributed by atoms with Crippen molar-refractivity contribution >= 4 is 39.3 Å². The second-order valence-corrected chi connectivity index (χ2v) is 7.16. The maximum atomic E-state index is 12.2. The Morgan fingerprint density at radius 3 is 2.56 bits per heavy atom. The Morgan fingerprint density at radius 1 is 1.08 bits per heavy atom. The fourth-order valence-corrected chi connectivity index (χ4v) is 3.33. The van der Waals surface area contributed by atoms with Gasteiger partial charge in [-0.2, -0.15) is 0 Å². The lowest BCUT2D eigenvalue weighted by atomic mass is 10.1. The number of para-hydroxylation sites is 1. The normalized spacial score (nSPS) is 10.5. The van der Waals surface area contributed by atoms with Crippen LogP contribution in [0.2, 0.25) is 0 Å². The van der Waals surface area contributed by atoms with Gasteiger partial charge in [-0.25, -0.2) is 9.97 Å². The molecule has 25 heavy (non-hydrogen) atoms. The molecule has 0 aliphatic rings. The van der Waals surface area contributed by atoms with E-state index in [4.69, 9.17) is 0 Å². The quantitative estimate of drug-likeness (QED) is 0.475. The van der Waals surface area contributed by atoms with Gasteiger partial charge in [-0.05, 0) is 41.1 Å². The standard InChI is InChI=1S/C19H16BrN3OS/c1-13-11-17(14-7-3-2-4-8-14)23-19(21-13)25-12-18(24)22-16-10-6-5-9-15(16)20/h2-11H,12H2,1H3,(H,22,24). The van der Waals surface area contributed by atoms with Gasteiger partial charge in [0.05, 0.1) is 17.1 Å². The lowest BCUT2D eigenvalue weighted by Crippen LogP contribution is -2.14. The number of aryl methyl sites for hydroxylation is 1. The molecule has 6 heteroatoms. The maximum Gasteiger partial charge on any atom is 0.234 e. The summed E-state index contributed by atoms with van der Waals surface area (Å²) >= 11 is 4.75. The second kappa shape index (κ2) is 8.27. The minimum Gasteiger partial charge on any atom is -0.324 e. The second-order valence-electron chi connectivity index (χ2n) is 5.36. The van der Waals surface area contributed by atoms with Crippen LogP contribution in [-0.2, 0) is 4.79 Å². The summed E-state index contributed by atoms with van der Waals surface area (Å²) in [7, 11) is 0. The van der Waals surface area contributed by atoms with E-state index in [1.54, 1.807) is 0 Å². The van der Waals surface area contributed by atoms with Gasteiger partial charge in [-0.1, -0.05) is 54.2 Å². The number of anilines is 1. The predicted molar refractivity (Wildman–Crippen MR) is 106 cm³/mol. The molecule has 2 aromatic carbocycles. The SMILES string of the molecule is Cc1cc(-c2ccccc2)nc(SCC(=O)Nc2ccccc2Br)n1. The van der Waals surface area contributed by atoms with Gasteiger partial charge in [0.15, 0.2) is 5.16 Å². The van der Waals surface area contributed by atoms with Crippen LogP contribution in [-0.4, -0.2) is 21.6 Å². The molecule has 0 fully saturated rings. The topological polar surface area (TPSA) is 54.9 Å². The molecule has 0 bridgehead atoms. The van der Waals surface area contributed by atoms with Crippen LogP contribution in [0.25, 0.3) is 11.3 Å². The molecule has 3 aromatic rings. The van der Waals surface area contributed by atoms with Crippen LogP contribution in [0.1, 0.15) is 5.69 Å². The van der Waals surface area contributed by atoms with Crippen LogP contribution < -0.4 is 5.32 Å². The maximum absolute atomic E-state index is 12.2. The van der Waals surface area contributed by atoms with E-state index in [1.165, 1.54) is 11.8 Å². The minimum atomic E-state index is -0.0942. The van der Waals surface area contributed by atoms with Gasteiger partial charge in [0.1, 0.15) is 0 Å². The molecule has 0 aliphatic heterocycles. The number of halogens is 1. The van der Waals surface area contributed by atoms with E-state index < -0.39 is 0 Å². The third-order valence-corrected chi connectivity index (χ3v) is 4.92. The fraction of sp³-hybridized carbons (Fsp3) is 0.105. The highest BCUT2D eigenvalue weighted by Crippen LogP contribution is 2.23. The van der Waals surface area contributed by atoms with Gasteiger partial charge < -0.3 is 5.32 Å². The first-order chi connectivity index (χ1) is 12.1. The molecule has 1 heterocycles. The van der Waals surface area contributed by atoms with E-state index >= 15 is 0 Å². The smallest absolute Gasteiger partial charge is 0.234 e. The number of thioether (sulfide) groups is 1. The number of nitrogens with one attached hydrogen (secondary N) is 1. The summed E-state index contributed by atoms with van der Waals surface area (Å²) in [5, 5.41) is 3.48. The van der Waals surface area contributed by atoms with Crippen LogP contribution in [0.4, 0.5) is 5.69 Å². The average Bonchev–Trinajstić information content (AvgIpc) is 2.62. The lowest BCUT2D eigenvalue weighted by Gasteiger charge is -2.08. The number of aromatic nitrogens is 2. The summed E-state index contributed by atoms with van der Waals surface area (Å²) in [6.45, 7) is 1.93. The van der Waals surface area contributed by atoms with Gasteiger partial charge in [-0.3, -0.25) is 4.79 Å². The summed E-state index contributed by atoms with van der Waals surface area (Å²) in [5.74, 6) is 0.155. The van der Waals surface area contributed by atoms with Crippen molar-refractivity contribution in [2.45, 2.75) is 12.1 Å². The molecule has 1 N–H and O–H groups in total. The van der Waals surface area contributed by atoms with E-state index in [-0.39, 0.29) is 11.7 Å². The van der Waals surface area contributed by atoms with Gasteiger partial charge >= 0.3 is 0 Å². The first-order valence-corrected chi connectivity index (χ1v) is 9.48. The molecule has 0 saturated heterocycles. The van der Waals surface area contributed by atoms with E-state index in [2.05, 4.69) is 31.2 Å². The van der Waals surface area contributed by atoms with Crippen molar-refractivity contribution in [2.24, 2.45) is 0 Å². The van der Waals surface area contributed by atoms with Crippen LogP contribution in [0.5, 0.6) is 0 Å². The molecule has 126 valence electrons. The molecular formula is C19H16BrN3OS. The third kappa shape index (κ3) is 4.90. The van der Waals surface area contributed by atoms with Gasteiger partial charge in [0.25, 0.3) is 0 Å². The van der Waals surface area contributed by atoms with Crippen molar-refractivity contribution in [1.29, 1.82) is 0 Å². The Balaban J connectivity index is 1.68. The highest BCUT2D eigenvalue weighted by atomic mass is 79.9. The summed E-state index contributed by atoms with van der Waals surface area (Å²) in [6.07, 6.45) is 0. The van der Waals surface area contributed by atoms with E-state index in [0.717, 1.165) is 27.1 Å². The summed E-state index contributed by atoms with van der Waals surface area (Å²) in [4.78, 5) is 21.2.